The molecule has 0 saturated heterocycles. The Morgan fingerprint density at radius 1 is 1.27 bits per heavy atom. The molecule has 3 fully saturated rings. The van der Waals surface area contributed by atoms with E-state index in [9.17, 15) is 24.6 Å². The Morgan fingerprint density at radius 2 is 1.97 bits per heavy atom. The van der Waals surface area contributed by atoms with Crippen LogP contribution in [0.2, 0.25) is 0 Å². The lowest BCUT2D eigenvalue weighted by molar-refractivity contribution is -0.228. The molecule has 6 nitrogen and oxygen atoms in total. The summed E-state index contributed by atoms with van der Waals surface area (Å²) in [5.74, 6) is -2.65. The maximum absolute atomic E-state index is 17.2. The fourth-order valence-corrected chi connectivity index (χ4v) is 7.95. The molecule has 0 aromatic heterocycles. The Kier molecular flexibility index (Phi) is 5.77. The van der Waals surface area contributed by atoms with E-state index in [4.69, 9.17) is 4.74 Å². The standard InChI is InChI=1S/C26H35FO6/c1-5-6-22(32)33-26(21(31)14-28)15(2)11-19-18-8-7-16-12-17(29)9-10-23(16,3)25(18,27)20(30)13-24(19,26)4/h9-10,12,15,18-20,28,30H,5-8,11,13-14H2,1-4H3/t15-,18+,19-,20+,23+,24-,25+,26+/m1/s1. The number of hydrogen-bond donors (Lipinski definition) is 2. The van der Waals surface area contributed by atoms with Gasteiger partial charge in [0, 0.05) is 29.1 Å². The molecule has 0 heterocycles. The number of hydrogen-bond acceptors (Lipinski definition) is 6. The van der Waals surface area contributed by atoms with Gasteiger partial charge < -0.3 is 14.9 Å². The second-order valence-electron chi connectivity index (χ2n) is 10.9. The first-order chi connectivity index (χ1) is 15.4. The highest BCUT2D eigenvalue weighted by Crippen LogP contribution is 2.71. The lowest BCUT2D eigenvalue weighted by Gasteiger charge is -2.62. The zero-order valence-electron chi connectivity index (χ0n) is 19.9. The minimum atomic E-state index is -2.02. The molecule has 0 unspecified atom stereocenters. The summed E-state index contributed by atoms with van der Waals surface area (Å²) in [4.78, 5) is 37.9. The number of carbonyl (C=O) groups excluding carboxylic acids is 3. The van der Waals surface area contributed by atoms with E-state index in [1.807, 2.05) is 20.8 Å². The monoisotopic (exact) mass is 462 g/mol. The lowest BCUT2D eigenvalue weighted by Crippen LogP contribution is -2.70. The number of ketones is 2. The van der Waals surface area contributed by atoms with E-state index in [-0.39, 0.29) is 24.5 Å². The SMILES string of the molecule is CCCC(=O)O[C@]1(C(=O)CO)[C@H](C)C[C@@H]2[C@@H]3CCC4=CC(=O)C=C[C@]4(C)[C@@]3(F)[C@@H](O)C[C@]21C. The van der Waals surface area contributed by atoms with Crippen LogP contribution in [0.3, 0.4) is 0 Å². The Bertz CT molecular complexity index is 941. The maximum Gasteiger partial charge on any atom is 0.306 e. The quantitative estimate of drug-likeness (QED) is 0.609. The molecule has 182 valence electrons. The minimum Gasteiger partial charge on any atom is -0.450 e. The van der Waals surface area contributed by atoms with Gasteiger partial charge in [0.05, 0.1) is 6.10 Å². The van der Waals surface area contributed by atoms with Crippen molar-refractivity contribution in [3.63, 3.8) is 0 Å². The van der Waals surface area contributed by atoms with Gasteiger partial charge in [-0.3, -0.25) is 14.4 Å². The van der Waals surface area contributed by atoms with E-state index in [1.54, 1.807) is 13.0 Å². The molecular formula is C26H35FO6. The fraction of sp³-hybridized carbons (Fsp3) is 0.731. The number of ether oxygens (including phenoxy) is 1. The zero-order valence-corrected chi connectivity index (χ0v) is 19.9. The highest BCUT2D eigenvalue weighted by molar-refractivity contribution is 6.01. The van der Waals surface area contributed by atoms with Crippen molar-refractivity contribution in [1.29, 1.82) is 0 Å². The molecule has 0 aromatic rings. The van der Waals surface area contributed by atoms with E-state index < -0.39 is 58.4 Å². The van der Waals surface area contributed by atoms with Crippen LogP contribution in [0.5, 0.6) is 0 Å². The van der Waals surface area contributed by atoms with E-state index in [2.05, 4.69) is 0 Å². The molecule has 0 aliphatic heterocycles. The number of rotatable bonds is 5. The number of alkyl halides is 1. The predicted octanol–water partition coefficient (Wildman–Crippen LogP) is 3.25. The molecule has 3 saturated carbocycles. The topological polar surface area (TPSA) is 101 Å². The van der Waals surface area contributed by atoms with Gasteiger partial charge in [-0.15, -0.1) is 0 Å². The smallest absolute Gasteiger partial charge is 0.306 e. The van der Waals surface area contributed by atoms with Crippen LogP contribution >= 0.6 is 0 Å². The number of fused-ring (bicyclic) bond motifs is 5. The van der Waals surface area contributed by atoms with Gasteiger partial charge in [0.1, 0.15) is 6.61 Å². The molecule has 0 bridgehead atoms. The number of esters is 1. The van der Waals surface area contributed by atoms with Gasteiger partial charge in [-0.25, -0.2) is 4.39 Å². The summed E-state index contributed by atoms with van der Waals surface area (Å²) in [6.45, 7) is 6.42. The summed E-state index contributed by atoms with van der Waals surface area (Å²) in [5, 5.41) is 21.3. The van der Waals surface area contributed by atoms with Crippen molar-refractivity contribution >= 4 is 17.5 Å². The van der Waals surface area contributed by atoms with Gasteiger partial charge in [0.2, 0.25) is 5.78 Å². The van der Waals surface area contributed by atoms with E-state index in [0.717, 1.165) is 0 Å². The third kappa shape index (κ3) is 2.94. The second kappa shape index (κ2) is 7.84. The van der Waals surface area contributed by atoms with Gasteiger partial charge in [0.15, 0.2) is 17.1 Å². The summed E-state index contributed by atoms with van der Waals surface area (Å²) in [6, 6.07) is 0. The Balaban J connectivity index is 1.83. The summed E-state index contributed by atoms with van der Waals surface area (Å²) < 4.78 is 23.1. The molecule has 4 rings (SSSR count). The number of allylic oxidation sites excluding steroid dienone is 4. The summed E-state index contributed by atoms with van der Waals surface area (Å²) >= 11 is 0. The van der Waals surface area contributed by atoms with Crippen molar-refractivity contribution in [1.82, 2.24) is 0 Å². The molecule has 0 aromatic carbocycles. The van der Waals surface area contributed by atoms with Crippen molar-refractivity contribution < 1.29 is 33.7 Å². The van der Waals surface area contributed by atoms with Crippen LogP contribution < -0.4 is 0 Å². The predicted molar refractivity (Wildman–Crippen MR) is 119 cm³/mol. The zero-order chi connectivity index (χ0) is 24.4. The van der Waals surface area contributed by atoms with E-state index >= 15 is 4.39 Å². The molecule has 8 atom stereocenters. The summed E-state index contributed by atoms with van der Waals surface area (Å²) in [5.41, 5.74) is -5.10. The second-order valence-corrected chi connectivity index (χ2v) is 10.9. The lowest BCUT2D eigenvalue weighted by atomic mass is 9.44. The van der Waals surface area contributed by atoms with Gasteiger partial charge in [-0.1, -0.05) is 32.4 Å². The van der Waals surface area contributed by atoms with Gasteiger partial charge in [-0.2, -0.15) is 0 Å². The molecular weight excluding hydrogens is 427 g/mol. The third-order valence-corrected chi connectivity index (χ3v) is 9.47. The molecule has 0 spiro atoms. The molecule has 33 heavy (non-hydrogen) atoms. The number of Topliss-reactive ketones (excluding diaryl/α,β-unsaturated/α-hetero) is 1. The van der Waals surface area contributed by atoms with Crippen LogP contribution in [-0.4, -0.2) is 51.7 Å². The summed E-state index contributed by atoms with van der Waals surface area (Å²) in [6.07, 6.45) is 5.02. The van der Waals surface area contributed by atoms with Crippen molar-refractivity contribution in [2.75, 3.05) is 6.61 Å². The average molecular weight is 463 g/mol. The summed E-state index contributed by atoms with van der Waals surface area (Å²) in [7, 11) is 0. The number of carbonyl (C=O) groups is 3. The third-order valence-electron chi connectivity index (χ3n) is 9.47. The minimum absolute atomic E-state index is 0.0786. The fourth-order valence-electron chi connectivity index (χ4n) is 7.95. The van der Waals surface area contributed by atoms with Gasteiger partial charge in [-0.05, 0) is 57.1 Å². The Labute approximate surface area is 194 Å². The number of aliphatic hydroxyl groups is 2. The van der Waals surface area contributed by atoms with Gasteiger partial charge in [0.25, 0.3) is 0 Å². The van der Waals surface area contributed by atoms with Crippen LogP contribution in [0, 0.1) is 28.6 Å². The van der Waals surface area contributed by atoms with Crippen LogP contribution in [0.25, 0.3) is 0 Å². The molecule has 2 N–H and O–H groups in total. The molecule has 0 radical (unpaired) electrons. The van der Waals surface area contributed by atoms with Crippen molar-refractivity contribution in [2.45, 2.75) is 83.6 Å². The normalized spacial score (nSPS) is 46.2. The van der Waals surface area contributed by atoms with E-state index in [0.29, 0.717) is 31.3 Å². The molecule has 4 aliphatic carbocycles. The first-order valence-corrected chi connectivity index (χ1v) is 12.1. The van der Waals surface area contributed by atoms with Crippen LogP contribution in [0.15, 0.2) is 23.8 Å². The first-order valence-electron chi connectivity index (χ1n) is 12.1. The average Bonchev–Trinajstić information content (AvgIpc) is 2.97. The highest BCUT2D eigenvalue weighted by Gasteiger charge is 2.77. The van der Waals surface area contributed by atoms with Crippen molar-refractivity contribution in [3.05, 3.63) is 23.8 Å². The maximum atomic E-state index is 17.2. The molecule has 7 heteroatoms. The van der Waals surface area contributed by atoms with Crippen molar-refractivity contribution in [3.8, 4) is 0 Å². The van der Waals surface area contributed by atoms with Crippen LogP contribution in [0.4, 0.5) is 4.39 Å². The first kappa shape index (κ1) is 24.3. The molecule has 0 amide bonds. The van der Waals surface area contributed by atoms with Crippen molar-refractivity contribution in [2.24, 2.45) is 28.6 Å². The Hall–Kier alpha value is -1.86. The largest absolute Gasteiger partial charge is 0.450 e. The van der Waals surface area contributed by atoms with E-state index in [1.165, 1.54) is 12.2 Å². The van der Waals surface area contributed by atoms with Gasteiger partial charge >= 0.3 is 5.97 Å². The highest BCUT2D eigenvalue weighted by atomic mass is 19.1. The number of halogens is 1. The Morgan fingerprint density at radius 3 is 2.61 bits per heavy atom. The van der Waals surface area contributed by atoms with Crippen LogP contribution in [0.1, 0.15) is 66.2 Å². The van der Waals surface area contributed by atoms with Crippen LogP contribution in [-0.2, 0) is 19.1 Å². The molecule has 4 aliphatic rings. The number of aliphatic hydroxyl groups excluding tert-OH is 2.